The highest BCUT2D eigenvalue weighted by molar-refractivity contribution is 5.84. The number of benzene rings is 1. The number of nitrogens with zero attached hydrogens (tertiary/aromatic N) is 4. The fourth-order valence-electron chi connectivity index (χ4n) is 3.80. The number of likely N-dealkylation sites (N-methyl/N-ethyl adjacent to an activating group) is 1. The molecular weight excluding hydrogens is 376 g/mol. The Morgan fingerprint density at radius 1 is 0.967 bits per heavy atom. The summed E-state index contributed by atoms with van der Waals surface area (Å²) in [5.41, 5.74) is 3.69. The molecule has 3 heterocycles. The summed E-state index contributed by atoms with van der Waals surface area (Å²) in [7, 11) is 0. The minimum Gasteiger partial charge on any atom is -0.507 e. The Hall–Kier alpha value is -3.38. The van der Waals surface area contributed by atoms with Gasteiger partial charge in [-0.1, -0.05) is 32.0 Å². The molecule has 6 heteroatoms. The lowest BCUT2D eigenvalue weighted by Crippen LogP contribution is -2.25. The van der Waals surface area contributed by atoms with Crippen LogP contribution < -0.4 is 0 Å². The van der Waals surface area contributed by atoms with E-state index < -0.39 is 0 Å². The van der Waals surface area contributed by atoms with Crippen LogP contribution in [0.25, 0.3) is 28.2 Å². The lowest BCUT2D eigenvalue weighted by atomic mass is 10.1. The molecule has 0 bridgehead atoms. The molecule has 0 aliphatic heterocycles. The van der Waals surface area contributed by atoms with E-state index in [1.807, 2.05) is 47.0 Å². The van der Waals surface area contributed by atoms with E-state index in [2.05, 4.69) is 23.7 Å². The third-order valence-corrected chi connectivity index (χ3v) is 5.56. The molecular formula is C24H26N4O2. The number of pyridine rings is 2. The summed E-state index contributed by atoms with van der Waals surface area (Å²) in [5.74, 6) is 0.968. The van der Waals surface area contributed by atoms with Crippen molar-refractivity contribution in [1.29, 1.82) is 0 Å². The van der Waals surface area contributed by atoms with Gasteiger partial charge in [0.25, 0.3) is 0 Å². The Bertz CT molecular complexity index is 1170. The van der Waals surface area contributed by atoms with Gasteiger partial charge < -0.3 is 15.1 Å². The van der Waals surface area contributed by atoms with Crippen molar-refractivity contribution in [2.45, 2.75) is 20.3 Å². The summed E-state index contributed by atoms with van der Waals surface area (Å²) in [6, 6.07) is 13.4. The average molecular weight is 402 g/mol. The van der Waals surface area contributed by atoms with Gasteiger partial charge in [0.15, 0.2) is 0 Å². The summed E-state index contributed by atoms with van der Waals surface area (Å²) in [5, 5.41) is 21.4. The number of para-hydroxylation sites is 1. The molecule has 4 rings (SSSR count). The molecule has 0 radical (unpaired) electrons. The number of phenols is 1. The van der Waals surface area contributed by atoms with E-state index in [4.69, 9.17) is 4.98 Å². The normalized spacial score (nSPS) is 11.4. The number of hydrogen-bond donors (Lipinski definition) is 2. The van der Waals surface area contributed by atoms with E-state index in [0.29, 0.717) is 22.6 Å². The Morgan fingerprint density at radius 3 is 2.57 bits per heavy atom. The number of fused-ring (bicyclic) bond motifs is 1. The van der Waals surface area contributed by atoms with Gasteiger partial charge in [-0.2, -0.15) is 0 Å². The lowest BCUT2D eigenvalue weighted by Gasteiger charge is -2.18. The van der Waals surface area contributed by atoms with Gasteiger partial charge in [-0.3, -0.25) is 9.38 Å². The third kappa shape index (κ3) is 3.62. The highest BCUT2D eigenvalue weighted by Gasteiger charge is 2.19. The number of hydrogen-bond acceptors (Lipinski definition) is 5. The molecule has 0 saturated heterocycles. The Labute approximate surface area is 176 Å². The van der Waals surface area contributed by atoms with Crippen molar-refractivity contribution < 1.29 is 10.2 Å². The second kappa shape index (κ2) is 8.55. The molecule has 0 atom stereocenters. The van der Waals surface area contributed by atoms with Crippen molar-refractivity contribution in [2.75, 3.05) is 19.6 Å². The largest absolute Gasteiger partial charge is 0.507 e. The first-order valence-corrected chi connectivity index (χ1v) is 10.3. The summed E-state index contributed by atoms with van der Waals surface area (Å²) in [6.07, 6.45) is 5.73. The fourth-order valence-corrected chi connectivity index (χ4v) is 3.80. The van der Waals surface area contributed by atoms with Crippen molar-refractivity contribution in [1.82, 2.24) is 19.3 Å². The van der Waals surface area contributed by atoms with Gasteiger partial charge in [-0.15, -0.1) is 0 Å². The predicted molar refractivity (Wildman–Crippen MR) is 119 cm³/mol. The predicted octanol–water partition coefficient (Wildman–Crippen LogP) is 4.36. The number of aromatic nitrogens is 3. The van der Waals surface area contributed by atoms with Crippen LogP contribution in [0.2, 0.25) is 0 Å². The zero-order chi connectivity index (χ0) is 21.1. The molecule has 154 valence electrons. The summed E-state index contributed by atoms with van der Waals surface area (Å²) in [4.78, 5) is 11.1. The van der Waals surface area contributed by atoms with Gasteiger partial charge in [-0.05, 0) is 49.3 Å². The van der Waals surface area contributed by atoms with Crippen LogP contribution in [0.3, 0.4) is 0 Å². The monoisotopic (exact) mass is 402 g/mol. The van der Waals surface area contributed by atoms with Crippen LogP contribution in [0, 0.1) is 0 Å². The number of rotatable bonds is 7. The van der Waals surface area contributed by atoms with Gasteiger partial charge >= 0.3 is 0 Å². The van der Waals surface area contributed by atoms with E-state index in [9.17, 15) is 10.2 Å². The molecule has 0 aliphatic rings. The average Bonchev–Trinajstić information content (AvgIpc) is 3.15. The molecule has 0 saturated carbocycles. The second-order valence-corrected chi connectivity index (χ2v) is 7.22. The van der Waals surface area contributed by atoms with E-state index in [1.54, 1.807) is 12.3 Å². The van der Waals surface area contributed by atoms with Gasteiger partial charge in [0.05, 0.1) is 17.3 Å². The minimum absolute atomic E-state index is 0.0742. The van der Waals surface area contributed by atoms with Crippen molar-refractivity contribution in [2.24, 2.45) is 0 Å². The molecule has 3 aromatic heterocycles. The topological polar surface area (TPSA) is 73.9 Å². The maximum absolute atomic E-state index is 11.1. The standard InChI is InChI=1S/C24H26N4O2/c1-3-27(4-2)15-12-17-8-7-9-19(23(17)30)24-26-22(18-11-13-25-16-21(18)29)20-10-5-6-14-28(20)24/h5-11,13-14,16,29-30H,3-4,12,15H2,1-2H3. The first-order valence-electron chi connectivity index (χ1n) is 10.3. The first-order chi connectivity index (χ1) is 14.6. The van der Waals surface area contributed by atoms with Crippen molar-refractivity contribution in [3.8, 4) is 34.1 Å². The lowest BCUT2D eigenvalue weighted by molar-refractivity contribution is 0.306. The molecule has 0 unspecified atom stereocenters. The molecule has 0 aliphatic carbocycles. The van der Waals surface area contributed by atoms with Gasteiger partial charge in [0.2, 0.25) is 0 Å². The highest BCUT2D eigenvalue weighted by Crippen LogP contribution is 2.37. The molecule has 6 nitrogen and oxygen atoms in total. The van der Waals surface area contributed by atoms with Crippen LogP contribution >= 0.6 is 0 Å². The van der Waals surface area contributed by atoms with Crippen LogP contribution in [0.15, 0.2) is 61.1 Å². The van der Waals surface area contributed by atoms with Crippen LogP contribution in [0.5, 0.6) is 11.5 Å². The fraction of sp³-hybridized carbons (Fsp3) is 0.250. The third-order valence-electron chi connectivity index (χ3n) is 5.56. The van der Waals surface area contributed by atoms with E-state index in [-0.39, 0.29) is 11.5 Å². The summed E-state index contributed by atoms with van der Waals surface area (Å²) in [6.45, 7) is 7.16. The smallest absolute Gasteiger partial charge is 0.149 e. The van der Waals surface area contributed by atoms with Crippen molar-refractivity contribution in [3.05, 3.63) is 66.6 Å². The molecule has 0 spiro atoms. The Balaban J connectivity index is 1.81. The summed E-state index contributed by atoms with van der Waals surface area (Å²) >= 11 is 0. The molecule has 4 aromatic rings. The quantitative estimate of drug-likeness (QED) is 0.480. The first kappa shape index (κ1) is 19.9. The summed E-state index contributed by atoms with van der Waals surface area (Å²) < 4.78 is 1.94. The molecule has 1 aromatic carbocycles. The number of phenolic OH excluding ortho intramolecular Hbond substituents is 1. The molecule has 0 amide bonds. The molecule has 30 heavy (non-hydrogen) atoms. The van der Waals surface area contributed by atoms with E-state index in [1.165, 1.54) is 6.20 Å². The number of aromatic hydroxyl groups is 2. The highest BCUT2D eigenvalue weighted by atomic mass is 16.3. The van der Waals surface area contributed by atoms with Crippen molar-refractivity contribution >= 4 is 5.52 Å². The molecule has 2 N–H and O–H groups in total. The maximum atomic E-state index is 11.1. The minimum atomic E-state index is 0.0742. The zero-order valence-corrected chi connectivity index (χ0v) is 17.3. The van der Waals surface area contributed by atoms with Crippen LogP contribution in [0.1, 0.15) is 19.4 Å². The molecule has 0 fully saturated rings. The van der Waals surface area contributed by atoms with Crippen LogP contribution in [-0.4, -0.2) is 49.1 Å². The van der Waals surface area contributed by atoms with Gasteiger partial charge in [0, 0.05) is 24.5 Å². The second-order valence-electron chi connectivity index (χ2n) is 7.22. The van der Waals surface area contributed by atoms with Crippen LogP contribution in [-0.2, 0) is 6.42 Å². The van der Waals surface area contributed by atoms with Crippen molar-refractivity contribution in [3.63, 3.8) is 0 Å². The Morgan fingerprint density at radius 2 is 1.80 bits per heavy atom. The van der Waals surface area contributed by atoms with Gasteiger partial charge in [0.1, 0.15) is 23.0 Å². The zero-order valence-electron chi connectivity index (χ0n) is 17.3. The maximum Gasteiger partial charge on any atom is 0.149 e. The Kier molecular flexibility index (Phi) is 5.68. The van der Waals surface area contributed by atoms with E-state index in [0.717, 1.165) is 37.1 Å². The van der Waals surface area contributed by atoms with Gasteiger partial charge in [-0.25, -0.2) is 4.98 Å². The number of imidazole rings is 1. The van der Waals surface area contributed by atoms with Crippen LogP contribution in [0.4, 0.5) is 0 Å². The SMILES string of the molecule is CCN(CC)CCc1cccc(-c2nc(-c3ccncc3O)c3ccccn23)c1O. The van der Waals surface area contributed by atoms with E-state index >= 15 is 0 Å².